The Morgan fingerprint density at radius 3 is 2.50 bits per heavy atom. The fourth-order valence-electron chi connectivity index (χ4n) is 1.59. The molecule has 0 atom stereocenters. The molecule has 1 heterocycles. The van der Waals surface area contributed by atoms with Crippen LogP contribution < -0.4 is 15.4 Å². The summed E-state index contributed by atoms with van der Waals surface area (Å²) in [5.41, 5.74) is 0. The van der Waals surface area contributed by atoms with Crippen molar-refractivity contribution in [1.82, 2.24) is 15.4 Å². The van der Waals surface area contributed by atoms with Crippen molar-refractivity contribution in [2.45, 2.75) is 18.1 Å². The van der Waals surface area contributed by atoms with Crippen LogP contribution in [0, 0.1) is 0 Å². The zero-order valence-corrected chi connectivity index (χ0v) is 9.72. The third kappa shape index (κ3) is 4.33. The molecule has 1 saturated heterocycles. The van der Waals surface area contributed by atoms with Crippen LogP contribution in [-0.4, -0.2) is 51.0 Å². The molecule has 0 saturated carbocycles. The molecule has 1 rings (SSSR count). The minimum absolute atomic E-state index is 0.0829. The molecule has 0 aromatic rings. The smallest absolute Gasteiger partial charge is 0.404 e. The van der Waals surface area contributed by atoms with E-state index in [9.17, 15) is 13.2 Å². The highest BCUT2D eigenvalue weighted by molar-refractivity contribution is 7.90. The Bertz CT molecular complexity index is 324. The van der Waals surface area contributed by atoms with Crippen molar-refractivity contribution in [2.24, 2.45) is 0 Å². The Hall–Kier alpha value is -0.860. The normalized spacial score (nSPS) is 18.2. The van der Waals surface area contributed by atoms with E-state index in [1.807, 2.05) is 0 Å². The van der Waals surface area contributed by atoms with Gasteiger partial charge in [-0.1, -0.05) is 0 Å². The van der Waals surface area contributed by atoms with Gasteiger partial charge in [-0.3, -0.25) is 0 Å². The number of piperidine rings is 1. The van der Waals surface area contributed by atoms with E-state index >= 15 is 0 Å². The quantitative estimate of drug-likeness (QED) is 0.465. The van der Waals surface area contributed by atoms with E-state index in [1.165, 1.54) is 0 Å². The second-order valence-electron chi connectivity index (χ2n) is 3.62. The van der Waals surface area contributed by atoms with Crippen molar-refractivity contribution in [2.75, 3.05) is 26.2 Å². The van der Waals surface area contributed by atoms with Gasteiger partial charge in [0.2, 0.25) is 10.0 Å². The van der Waals surface area contributed by atoms with Crippen LogP contribution in [0.5, 0.6) is 0 Å². The van der Waals surface area contributed by atoms with Crippen LogP contribution in [0.25, 0.3) is 0 Å². The SMILES string of the molecule is O=C(O)NCCNS(=O)(=O)C1CCNCC1. The van der Waals surface area contributed by atoms with Gasteiger partial charge in [-0.25, -0.2) is 17.9 Å². The maximum atomic E-state index is 11.7. The number of carboxylic acid groups (broad SMARTS) is 1. The lowest BCUT2D eigenvalue weighted by Gasteiger charge is -2.22. The van der Waals surface area contributed by atoms with Gasteiger partial charge in [-0.15, -0.1) is 0 Å². The van der Waals surface area contributed by atoms with Crippen LogP contribution in [0.2, 0.25) is 0 Å². The molecule has 16 heavy (non-hydrogen) atoms. The molecule has 0 aromatic heterocycles. The van der Waals surface area contributed by atoms with Crippen LogP contribution in [0.15, 0.2) is 0 Å². The summed E-state index contributed by atoms with van der Waals surface area (Å²) in [7, 11) is -3.30. The number of hydrogen-bond acceptors (Lipinski definition) is 4. The highest BCUT2D eigenvalue weighted by Gasteiger charge is 2.26. The number of nitrogens with one attached hydrogen (secondary N) is 3. The average Bonchev–Trinajstić information content (AvgIpc) is 2.26. The van der Waals surface area contributed by atoms with E-state index in [2.05, 4.69) is 15.4 Å². The monoisotopic (exact) mass is 251 g/mol. The zero-order valence-electron chi connectivity index (χ0n) is 8.90. The first-order valence-corrected chi connectivity index (χ1v) is 6.73. The summed E-state index contributed by atoms with van der Waals surface area (Å²) in [6.45, 7) is 1.59. The van der Waals surface area contributed by atoms with E-state index < -0.39 is 16.1 Å². The summed E-state index contributed by atoms with van der Waals surface area (Å²) in [5.74, 6) is 0. The Morgan fingerprint density at radius 2 is 1.94 bits per heavy atom. The summed E-state index contributed by atoms with van der Waals surface area (Å²) < 4.78 is 25.8. The number of amides is 1. The second kappa shape index (κ2) is 6.02. The third-order valence-electron chi connectivity index (χ3n) is 2.43. The summed E-state index contributed by atoms with van der Waals surface area (Å²) in [6.07, 6.45) is 0.0460. The molecule has 0 aliphatic carbocycles. The standard InChI is InChI=1S/C8H17N3O4S/c12-8(13)10-5-6-11-16(14,15)7-1-3-9-4-2-7/h7,9-11H,1-6H2,(H,12,13). The van der Waals surface area contributed by atoms with Crippen molar-refractivity contribution in [3.8, 4) is 0 Å². The van der Waals surface area contributed by atoms with E-state index in [1.54, 1.807) is 0 Å². The first kappa shape index (κ1) is 13.2. The van der Waals surface area contributed by atoms with Gasteiger partial charge in [0, 0.05) is 13.1 Å². The second-order valence-corrected chi connectivity index (χ2v) is 5.67. The Labute approximate surface area is 94.7 Å². The molecule has 1 amide bonds. The third-order valence-corrected chi connectivity index (χ3v) is 4.39. The molecular formula is C8H17N3O4S. The lowest BCUT2D eigenvalue weighted by molar-refractivity contribution is 0.194. The topological polar surface area (TPSA) is 108 Å². The first-order chi connectivity index (χ1) is 7.52. The van der Waals surface area contributed by atoms with Crippen LogP contribution in [0.4, 0.5) is 4.79 Å². The van der Waals surface area contributed by atoms with Gasteiger partial charge in [0.1, 0.15) is 0 Å². The van der Waals surface area contributed by atoms with Gasteiger partial charge in [-0.05, 0) is 25.9 Å². The minimum atomic E-state index is -3.30. The molecule has 8 heteroatoms. The van der Waals surface area contributed by atoms with Gasteiger partial charge in [0.25, 0.3) is 0 Å². The Kier molecular flexibility index (Phi) is 4.97. The predicted molar refractivity (Wildman–Crippen MR) is 58.8 cm³/mol. The van der Waals surface area contributed by atoms with Crippen LogP contribution in [0.3, 0.4) is 0 Å². The van der Waals surface area contributed by atoms with Gasteiger partial charge in [0.15, 0.2) is 0 Å². The number of rotatable bonds is 5. The fourth-order valence-corrected chi connectivity index (χ4v) is 3.06. The number of carbonyl (C=O) groups is 1. The van der Waals surface area contributed by atoms with Gasteiger partial charge < -0.3 is 15.7 Å². The lowest BCUT2D eigenvalue weighted by atomic mass is 10.2. The van der Waals surface area contributed by atoms with E-state index in [0.717, 1.165) is 0 Å². The Morgan fingerprint density at radius 1 is 1.31 bits per heavy atom. The van der Waals surface area contributed by atoms with E-state index in [0.29, 0.717) is 25.9 Å². The summed E-state index contributed by atoms with van der Waals surface area (Å²) in [4.78, 5) is 10.1. The Balaban J connectivity index is 2.30. The van der Waals surface area contributed by atoms with Crippen molar-refractivity contribution < 1.29 is 18.3 Å². The molecule has 4 N–H and O–H groups in total. The van der Waals surface area contributed by atoms with Gasteiger partial charge in [0.05, 0.1) is 5.25 Å². The minimum Gasteiger partial charge on any atom is -0.465 e. The van der Waals surface area contributed by atoms with E-state index in [4.69, 9.17) is 5.11 Å². The molecule has 0 spiro atoms. The van der Waals surface area contributed by atoms with Gasteiger partial charge >= 0.3 is 6.09 Å². The largest absolute Gasteiger partial charge is 0.465 e. The van der Waals surface area contributed by atoms with Crippen molar-refractivity contribution in [3.63, 3.8) is 0 Å². The number of sulfonamides is 1. The van der Waals surface area contributed by atoms with Gasteiger partial charge in [-0.2, -0.15) is 0 Å². The molecule has 1 aliphatic rings. The molecule has 0 radical (unpaired) electrons. The molecule has 0 aromatic carbocycles. The van der Waals surface area contributed by atoms with E-state index in [-0.39, 0.29) is 18.3 Å². The molecule has 94 valence electrons. The number of hydrogen-bond donors (Lipinski definition) is 4. The highest BCUT2D eigenvalue weighted by atomic mass is 32.2. The molecular weight excluding hydrogens is 234 g/mol. The predicted octanol–water partition coefficient (Wildman–Crippen LogP) is -1.07. The first-order valence-electron chi connectivity index (χ1n) is 5.18. The fraction of sp³-hybridized carbons (Fsp3) is 0.875. The summed E-state index contributed by atoms with van der Waals surface area (Å²) in [5, 5.41) is 13.1. The zero-order chi connectivity index (χ0) is 12.0. The summed E-state index contributed by atoms with van der Waals surface area (Å²) in [6, 6.07) is 0. The molecule has 0 bridgehead atoms. The van der Waals surface area contributed by atoms with Crippen molar-refractivity contribution >= 4 is 16.1 Å². The maximum Gasteiger partial charge on any atom is 0.404 e. The van der Waals surface area contributed by atoms with Crippen LogP contribution in [-0.2, 0) is 10.0 Å². The molecule has 1 fully saturated rings. The molecule has 7 nitrogen and oxygen atoms in total. The van der Waals surface area contributed by atoms with Crippen LogP contribution >= 0.6 is 0 Å². The van der Waals surface area contributed by atoms with Crippen LogP contribution in [0.1, 0.15) is 12.8 Å². The van der Waals surface area contributed by atoms with Crippen molar-refractivity contribution in [1.29, 1.82) is 0 Å². The maximum absolute atomic E-state index is 11.7. The average molecular weight is 251 g/mol. The lowest BCUT2D eigenvalue weighted by Crippen LogP contribution is -2.43. The van der Waals surface area contributed by atoms with Crippen molar-refractivity contribution in [3.05, 3.63) is 0 Å². The molecule has 0 unspecified atom stereocenters. The molecule has 1 aliphatic heterocycles. The highest BCUT2D eigenvalue weighted by Crippen LogP contribution is 2.11. The summed E-state index contributed by atoms with van der Waals surface area (Å²) >= 11 is 0.